The number of hydrogen-bond donors (Lipinski definition) is 3. The van der Waals surface area contributed by atoms with E-state index >= 15 is 0 Å². The summed E-state index contributed by atoms with van der Waals surface area (Å²) in [6.07, 6.45) is -3.84. The number of rotatable bonds is 6. The van der Waals surface area contributed by atoms with E-state index in [-0.39, 0.29) is 24.8 Å². The van der Waals surface area contributed by atoms with Gasteiger partial charge in [-0.05, 0) is 44.5 Å². The van der Waals surface area contributed by atoms with Gasteiger partial charge in [0.1, 0.15) is 18.5 Å². The van der Waals surface area contributed by atoms with Crippen LogP contribution in [-0.4, -0.2) is 42.4 Å². The Balaban J connectivity index is 1.79. The van der Waals surface area contributed by atoms with Crippen molar-refractivity contribution in [3.05, 3.63) is 29.8 Å². The van der Waals surface area contributed by atoms with Gasteiger partial charge in [0.15, 0.2) is 0 Å². The molecule has 1 aliphatic rings. The standard InChI is InChI=1S/C16H21F3N2O3/c1-15(6-3-7-21-15)14(23)20-9-12(22)10-24-13-5-2-4-11(8-13)16(17,18)19/h2,4-5,8,12,21-22H,3,6-7,9-10H2,1H3,(H,20,23). The fourth-order valence-corrected chi connectivity index (χ4v) is 2.51. The zero-order valence-corrected chi connectivity index (χ0v) is 13.3. The molecule has 1 aliphatic heterocycles. The summed E-state index contributed by atoms with van der Waals surface area (Å²) >= 11 is 0. The summed E-state index contributed by atoms with van der Waals surface area (Å²) in [5.74, 6) is -0.197. The molecule has 0 aliphatic carbocycles. The lowest BCUT2D eigenvalue weighted by molar-refractivity contribution is -0.137. The van der Waals surface area contributed by atoms with Crippen molar-refractivity contribution in [2.75, 3.05) is 19.7 Å². The van der Waals surface area contributed by atoms with Gasteiger partial charge in [0.05, 0.1) is 11.1 Å². The van der Waals surface area contributed by atoms with Crippen LogP contribution >= 0.6 is 0 Å². The van der Waals surface area contributed by atoms with E-state index in [1.54, 1.807) is 6.92 Å². The molecule has 0 spiro atoms. The first-order chi connectivity index (χ1) is 11.2. The summed E-state index contributed by atoms with van der Waals surface area (Å²) in [4.78, 5) is 12.1. The summed E-state index contributed by atoms with van der Waals surface area (Å²) in [6, 6.07) is 4.43. The molecule has 0 radical (unpaired) electrons. The molecule has 0 saturated carbocycles. The number of aliphatic hydroxyl groups is 1. The minimum absolute atomic E-state index is 0.0135. The van der Waals surface area contributed by atoms with Gasteiger partial charge in [-0.25, -0.2) is 0 Å². The average molecular weight is 346 g/mol. The first kappa shape index (κ1) is 18.5. The first-order valence-corrected chi connectivity index (χ1v) is 7.72. The van der Waals surface area contributed by atoms with E-state index in [9.17, 15) is 23.1 Å². The van der Waals surface area contributed by atoms with Crippen molar-refractivity contribution < 1.29 is 27.8 Å². The molecule has 1 heterocycles. The quantitative estimate of drug-likeness (QED) is 0.733. The number of benzene rings is 1. The summed E-state index contributed by atoms with van der Waals surface area (Å²) in [6.45, 7) is 2.31. The molecule has 2 unspecified atom stereocenters. The van der Waals surface area contributed by atoms with Crippen LogP contribution in [-0.2, 0) is 11.0 Å². The molecule has 1 fully saturated rings. The second-order valence-electron chi connectivity index (χ2n) is 6.06. The van der Waals surface area contributed by atoms with Gasteiger partial charge in [-0.2, -0.15) is 13.2 Å². The van der Waals surface area contributed by atoms with Gasteiger partial charge in [0.25, 0.3) is 0 Å². The maximum atomic E-state index is 12.6. The smallest absolute Gasteiger partial charge is 0.416 e. The van der Waals surface area contributed by atoms with Gasteiger partial charge in [-0.3, -0.25) is 4.79 Å². The van der Waals surface area contributed by atoms with Gasteiger partial charge in [0.2, 0.25) is 5.91 Å². The molecule has 134 valence electrons. The highest BCUT2D eigenvalue weighted by Gasteiger charge is 2.35. The number of aliphatic hydroxyl groups excluding tert-OH is 1. The van der Waals surface area contributed by atoms with E-state index in [4.69, 9.17) is 4.74 Å². The molecular formula is C16H21F3N2O3. The normalized spacial score (nSPS) is 22.2. The van der Waals surface area contributed by atoms with Gasteiger partial charge in [-0.1, -0.05) is 6.07 Å². The largest absolute Gasteiger partial charge is 0.491 e. The molecule has 24 heavy (non-hydrogen) atoms. The minimum Gasteiger partial charge on any atom is -0.491 e. The van der Waals surface area contributed by atoms with Crippen LogP contribution in [0.15, 0.2) is 24.3 Å². The Kier molecular flexibility index (Phi) is 5.71. The molecule has 1 aromatic rings. The molecule has 8 heteroatoms. The van der Waals surface area contributed by atoms with Crippen molar-refractivity contribution in [3.8, 4) is 5.75 Å². The molecule has 3 N–H and O–H groups in total. The Labute approximate surface area is 138 Å². The lowest BCUT2D eigenvalue weighted by Crippen LogP contribution is -2.52. The SMILES string of the molecule is CC1(C(=O)NCC(O)COc2cccc(C(F)(F)F)c2)CCCN1. The molecule has 2 atom stereocenters. The van der Waals surface area contributed by atoms with Gasteiger partial charge >= 0.3 is 6.18 Å². The van der Waals surface area contributed by atoms with Crippen molar-refractivity contribution in [1.82, 2.24) is 10.6 Å². The third kappa shape index (κ3) is 4.85. The van der Waals surface area contributed by atoms with Crippen LogP contribution in [0.5, 0.6) is 5.75 Å². The van der Waals surface area contributed by atoms with E-state index in [1.165, 1.54) is 12.1 Å². The molecule has 1 amide bonds. The Hall–Kier alpha value is -1.80. The highest BCUT2D eigenvalue weighted by atomic mass is 19.4. The summed E-state index contributed by atoms with van der Waals surface area (Å²) < 4.78 is 43.0. The van der Waals surface area contributed by atoms with Crippen molar-refractivity contribution in [2.24, 2.45) is 0 Å². The first-order valence-electron chi connectivity index (χ1n) is 7.72. The number of alkyl halides is 3. The number of nitrogens with one attached hydrogen (secondary N) is 2. The maximum Gasteiger partial charge on any atom is 0.416 e. The number of amides is 1. The molecule has 0 aromatic heterocycles. The van der Waals surface area contributed by atoms with Gasteiger partial charge < -0.3 is 20.5 Å². The third-order valence-corrected chi connectivity index (χ3v) is 3.97. The van der Waals surface area contributed by atoms with Gasteiger partial charge in [0, 0.05) is 6.54 Å². The van der Waals surface area contributed by atoms with E-state index in [0.717, 1.165) is 31.5 Å². The predicted molar refractivity (Wildman–Crippen MR) is 81.6 cm³/mol. The lowest BCUT2D eigenvalue weighted by Gasteiger charge is -2.24. The minimum atomic E-state index is -4.45. The molecular weight excluding hydrogens is 325 g/mol. The Morgan fingerprint density at radius 3 is 2.88 bits per heavy atom. The number of ether oxygens (including phenoxy) is 1. The van der Waals surface area contributed by atoms with Crippen LogP contribution in [0, 0.1) is 0 Å². The number of carbonyl (C=O) groups is 1. The van der Waals surface area contributed by atoms with Crippen LogP contribution in [0.3, 0.4) is 0 Å². The summed E-state index contributed by atoms with van der Waals surface area (Å²) in [5, 5.41) is 15.6. The fraction of sp³-hybridized carbons (Fsp3) is 0.562. The highest BCUT2D eigenvalue weighted by Crippen LogP contribution is 2.31. The zero-order valence-electron chi connectivity index (χ0n) is 13.3. The second-order valence-corrected chi connectivity index (χ2v) is 6.06. The number of halogens is 3. The topological polar surface area (TPSA) is 70.6 Å². The van der Waals surface area contributed by atoms with Crippen molar-refractivity contribution >= 4 is 5.91 Å². The fourth-order valence-electron chi connectivity index (χ4n) is 2.51. The predicted octanol–water partition coefficient (Wildman–Crippen LogP) is 1.70. The van der Waals surface area contributed by atoms with E-state index in [1.807, 2.05) is 0 Å². The van der Waals surface area contributed by atoms with Crippen molar-refractivity contribution in [1.29, 1.82) is 0 Å². The molecule has 0 bridgehead atoms. The lowest BCUT2D eigenvalue weighted by atomic mass is 9.99. The maximum absolute atomic E-state index is 12.6. The van der Waals surface area contributed by atoms with Crippen LogP contribution in [0.25, 0.3) is 0 Å². The zero-order chi connectivity index (χ0) is 17.8. The van der Waals surface area contributed by atoms with E-state index in [2.05, 4.69) is 10.6 Å². The molecule has 1 saturated heterocycles. The van der Waals surface area contributed by atoms with Crippen molar-refractivity contribution in [3.63, 3.8) is 0 Å². The van der Waals surface area contributed by atoms with Crippen LogP contribution in [0.2, 0.25) is 0 Å². The average Bonchev–Trinajstić information content (AvgIpc) is 2.98. The van der Waals surface area contributed by atoms with E-state index < -0.39 is 23.4 Å². The monoisotopic (exact) mass is 346 g/mol. The van der Waals surface area contributed by atoms with Crippen LogP contribution in [0.1, 0.15) is 25.3 Å². The van der Waals surface area contributed by atoms with Crippen LogP contribution < -0.4 is 15.4 Å². The van der Waals surface area contributed by atoms with Crippen LogP contribution in [0.4, 0.5) is 13.2 Å². The molecule has 5 nitrogen and oxygen atoms in total. The third-order valence-electron chi connectivity index (χ3n) is 3.97. The molecule has 1 aromatic carbocycles. The Bertz CT molecular complexity index is 572. The van der Waals surface area contributed by atoms with Gasteiger partial charge in [-0.15, -0.1) is 0 Å². The molecule has 2 rings (SSSR count). The summed E-state index contributed by atoms with van der Waals surface area (Å²) in [7, 11) is 0. The Morgan fingerprint density at radius 1 is 1.50 bits per heavy atom. The number of carbonyl (C=O) groups excluding carboxylic acids is 1. The Morgan fingerprint density at radius 2 is 2.25 bits per heavy atom. The number of hydrogen-bond acceptors (Lipinski definition) is 4. The highest BCUT2D eigenvalue weighted by molar-refractivity contribution is 5.86. The van der Waals surface area contributed by atoms with E-state index in [0.29, 0.717) is 0 Å². The second kappa shape index (κ2) is 7.40. The van der Waals surface area contributed by atoms with Crippen molar-refractivity contribution in [2.45, 2.75) is 37.6 Å². The summed E-state index contributed by atoms with van der Waals surface area (Å²) in [5.41, 5.74) is -1.45.